The summed E-state index contributed by atoms with van der Waals surface area (Å²) >= 11 is 0. The lowest BCUT2D eigenvalue weighted by Crippen LogP contribution is -2.48. The standard InChI is InChI=1S/C23H24N6O/c1-2-27-10-12-28(13-11-27)23(30)17-7-5-8-19(14-17)29-16-21(25-26-29)22-20-9-4-3-6-18(20)15-24-22/h3-9,14,16H,2,10-13,15H2,1H3. The van der Waals surface area contributed by atoms with Crippen LogP contribution < -0.4 is 0 Å². The molecule has 1 aromatic heterocycles. The summed E-state index contributed by atoms with van der Waals surface area (Å²) < 4.78 is 1.71. The second kappa shape index (κ2) is 7.84. The maximum absolute atomic E-state index is 13.0. The molecule has 152 valence electrons. The minimum absolute atomic E-state index is 0.0713. The summed E-state index contributed by atoms with van der Waals surface area (Å²) in [5.41, 5.74) is 5.43. The van der Waals surface area contributed by atoms with Gasteiger partial charge in [0.15, 0.2) is 0 Å². The van der Waals surface area contributed by atoms with Crippen LogP contribution in [0.2, 0.25) is 0 Å². The van der Waals surface area contributed by atoms with Crippen molar-refractivity contribution in [3.8, 4) is 5.69 Å². The van der Waals surface area contributed by atoms with Crippen LogP contribution in [0.25, 0.3) is 5.69 Å². The van der Waals surface area contributed by atoms with Crippen molar-refractivity contribution in [2.45, 2.75) is 13.5 Å². The molecule has 1 amide bonds. The van der Waals surface area contributed by atoms with Crippen LogP contribution in [0.1, 0.15) is 34.1 Å². The van der Waals surface area contributed by atoms with Crippen molar-refractivity contribution in [3.05, 3.63) is 77.1 Å². The van der Waals surface area contributed by atoms with E-state index in [0.29, 0.717) is 12.1 Å². The van der Waals surface area contributed by atoms with E-state index >= 15 is 0 Å². The largest absolute Gasteiger partial charge is 0.336 e. The molecule has 0 spiro atoms. The Hall–Kier alpha value is -3.32. The second-order valence-corrected chi connectivity index (χ2v) is 7.65. The van der Waals surface area contributed by atoms with Gasteiger partial charge in [-0.1, -0.05) is 42.5 Å². The fourth-order valence-electron chi connectivity index (χ4n) is 4.09. The molecule has 0 radical (unpaired) electrons. The van der Waals surface area contributed by atoms with Crippen molar-refractivity contribution in [3.63, 3.8) is 0 Å². The molecule has 30 heavy (non-hydrogen) atoms. The SMILES string of the molecule is CCN1CCN(C(=O)c2cccc(-n3cc(C4=NCc5ccccc54)nn3)c2)CC1. The van der Waals surface area contributed by atoms with E-state index < -0.39 is 0 Å². The number of hydrogen-bond donors (Lipinski definition) is 0. The molecule has 7 heteroatoms. The van der Waals surface area contributed by atoms with Gasteiger partial charge in [-0.2, -0.15) is 0 Å². The van der Waals surface area contributed by atoms with Gasteiger partial charge < -0.3 is 9.80 Å². The maximum Gasteiger partial charge on any atom is 0.254 e. The molecule has 1 fully saturated rings. The predicted octanol–water partition coefficient (Wildman–Crippen LogP) is 2.40. The van der Waals surface area contributed by atoms with Crippen molar-refractivity contribution in [2.75, 3.05) is 32.7 Å². The van der Waals surface area contributed by atoms with Gasteiger partial charge in [0.2, 0.25) is 0 Å². The Morgan fingerprint density at radius 1 is 1.03 bits per heavy atom. The van der Waals surface area contributed by atoms with Gasteiger partial charge in [-0.05, 0) is 30.3 Å². The quantitative estimate of drug-likeness (QED) is 0.675. The fourth-order valence-corrected chi connectivity index (χ4v) is 4.09. The van der Waals surface area contributed by atoms with Crippen LogP contribution >= 0.6 is 0 Å². The lowest BCUT2D eigenvalue weighted by atomic mass is 10.0. The number of likely N-dealkylation sites (N-methyl/N-ethyl adjacent to an activating group) is 1. The zero-order chi connectivity index (χ0) is 20.5. The zero-order valence-corrected chi connectivity index (χ0v) is 17.0. The first-order chi connectivity index (χ1) is 14.7. The van der Waals surface area contributed by atoms with Crippen molar-refractivity contribution in [2.24, 2.45) is 4.99 Å². The summed E-state index contributed by atoms with van der Waals surface area (Å²) in [5.74, 6) is 0.0713. The zero-order valence-electron chi connectivity index (χ0n) is 17.0. The van der Waals surface area contributed by atoms with Gasteiger partial charge in [-0.25, -0.2) is 4.68 Å². The number of carbonyl (C=O) groups is 1. The van der Waals surface area contributed by atoms with Crippen molar-refractivity contribution < 1.29 is 4.79 Å². The van der Waals surface area contributed by atoms with Gasteiger partial charge in [0, 0.05) is 37.3 Å². The van der Waals surface area contributed by atoms with Crippen LogP contribution in [0.4, 0.5) is 0 Å². The molecular formula is C23H24N6O. The van der Waals surface area contributed by atoms with E-state index in [4.69, 9.17) is 0 Å². The first kappa shape index (κ1) is 18.7. The molecule has 0 aliphatic carbocycles. The smallest absolute Gasteiger partial charge is 0.254 e. The van der Waals surface area contributed by atoms with E-state index in [-0.39, 0.29) is 5.91 Å². The average molecular weight is 400 g/mol. The Morgan fingerprint density at radius 2 is 1.87 bits per heavy atom. The van der Waals surface area contributed by atoms with E-state index in [0.717, 1.165) is 55.4 Å². The van der Waals surface area contributed by atoms with Gasteiger partial charge in [-0.15, -0.1) is 5.10 Å². The molecule has 7 nitrogen and oxygen atoms in total. The number of benzene rings is 2. The van der Waals surface area contributed by atoms with E-state index in [2.05, 4.69) is 39.3 Å². The molecule has 1 saturated heterocycles. The van der Waals surface area contributed by atoms with Crippen LogP contribution in [-0.2, 0) is 6.54 Å². The third-order valence-corrected chi connectivity index (χ3v) is 5.88. The lowest BCUT2D eigenvalue weighted by Gasteiger charge is -2.34. The number of rotatable bonds is 4. The second-order valence-electron chi connectivity index (χ2n) is 7.65. The highest BCUT2D eigenvalue weighted by molar-refractivity contribution is 6.13. The van der Waals surface area contributed by atoms with E-state index in [1.807, 2.05) is 47.5 Å². The van der Waals surface area contributed by atoms with Crippen LogP contribution in [0.15, 0.2) is 59.7 Å². The number of hydrogen-bond acceptors (Lipinski definition) is 5. The van der Waals surface area contributed by atoms with Gasteiger partial charge in [0.1, 0.15) is 5.69 Å². The van der Waals surface area contributed by atoms with Crippen LogP contribution in [0.5, 0.6) is 0 Å². The Balaban J connectivity index is 1.36. The Kier molecular flexibility index (Phi) is 4.88. The third-order valence-electron chi connectivity index (χ3n) is 5.88. The number of aromatic nitrogens is 3. The highest BCUT2D eigenvalue weighted by Gasteiger charge is 2.22. The average Bonchev–Trinajstić information content (AvgIpc) is 3.46. The molecule has 0 unspecified atom stereocenters. The monoisotopic (exact) mass is 400 g/mol. The molecule has 3 aromatic rings. The molecule has 0 saturated carbocycles. The Morgan fingerprint density at radius 3 is 2.70 bits per heavy atom. The highest BCUT2D eigenvalue weighted by Crippen LogP contribution is 2.22. The van der Waals surface area contributed by atoms with Crippen molar-refractivity contribution in [1.29, 1.82) is 0 Å². The first-order valence-electron chi connectivity index (χ1n) is 10.4. The topological polar surface area (TPSA) is 66.6 Å². The third kappa shape index (κ3) is 3.41. The van der Waals surface area contributed by atoms with Gasteiger partial charge in [0.25, 0.3) is 5.91 Å². The molecule has 2 aromatic carbocycles. The minimum atomic E-state index is 0.0713. The molecule has 5 rings (SSSR count). The summed E-state index contributed by atoms with van der Waals surface area (Å²) in [5, 5.41) is 8.63. The number of nitrogens with zero attached hydrogens (tertiary/aromatic N) is 6. The minimum Gasteiger partial charge on any atom is -0.336 e. The van der Waals surface area contributed by atoms with E-state index in [1.54, 1.807) is 4.68 Å². The fraction of sp³-hybridized carbons (Fsp3) is 0.304. The normalized spacial score (nSPS) is 16.4. The molecule has 2 aliphatic heterocycles. The number of aliphatic imine (C=N–C) groups is 1. The van der Waals surface area contributed by atoms with Crippen LogP contribution in [-0.4, -0.2) is 69.1 Å². The number of amides is 1. The molecule has 0 atom stereocenters. The van der Waals surface area contributed by atoms with Crippen molar-refractivity contribution in [1.82, 2.24) is 24.8 Å². The van der Waals surface area contributed by atoms with Crippen LogP contribution in [0, 0.1) is 0 Å². The molecular weight excluding hydrogens is 376 g/mol. The van der Waals surface area contributed by atoms with E-state index in [1.165, 1.54) is 5.56 Å². The number of fused-ring (bicyclic) bond motifs is 1. The number of piperazine rings is 1. The summed E-state index contributed by atoms with van der Waals surface area (Å²) in [6.45, 7) is 7.25. The first-order valence-corrected chi connectivity index (χ1v) is 10.4. The van der Waals surface area contributed by atoms with E-state index in [9.17, 15) is 4.79 Å². The maximum atomic E-state index is 13.0. The summed E-state index contributed by atoms with van der Waals surface area (Å²) in [6, 6.07) is 15.8. The lowest BCUT2D eigenvalue weighted by molar-refractivity contribution is 0.0643. The highest BCUT2D eigenvalue weighted by atomic mass is 16.2. The van der Waals surface area contributed by atoms with Crippen molar-refractivity contribution >= 4 is 11.6 Å². The number of carbonyl (C=O) groups excluding carboxylic acids is 1. The van der Waals surface area contributed by atoms with Gasteiger partial charge >= 0.3 is 0 Å². The molecule has 0 N–H and O–H groups in total. The van der Waals surface area contributed by atoms with Crippen LogP contribution in [0.3, 0.4) is 0 Å². The molecule has 2 aliphatic rings. The summed E-state index contributed by atoms with van der Waals surface area (Å²) in [4.78, 5) is 21.9. The van der Waals surface area contributed by atoms with Gasteiger partial charge in [0.05, 0.1) is 24.1 Å². The predicted molar refractivity (Wildman–Crippen MR) is 115 cm³/mol. The van der Waals surface area contributed by atoms with Gasteiger partial charge in [-0.3, -0.25) is 9.79 Å². The summed E-state index contributed by atoms with van der Waals surface area (Å²) in [6.07, 6.45) is 1.88. The Bertz CT molecular complexity index is 1110. The molecule has 0 bridgehead atoms. The summed E-state index contributed by atoms with van der Waals surface area (Å²) in [7, 11) is 0. The Labute approximate surface area is 175 Å². The molecule has 3 heterocycles.